The number of allylic oxidation sites excluding steroid dienone is 4. The molecule has 0 aromatic rings. The van der Waals surface area contributed by atoms with Crippen molar-refractivity contribution >= 4 is 46.7 Å². The lowest BCUT2D eigenvalue weighted by Gasteiger charge is -2.20. The number of hydrogen-bond donors (Lipinski definition) is 0. The molecule has 0 spiro atoms. The van der Waals surface area contributed by atoms with E-state index in [1.165, 1.54) is 52.0 Å². The van der Waals surface area contributed by atoms with Gasteiger partial charge in [-0.15, -0.1) is 23.5 Å². The van der Waals surface area contributed by atoms with E-state index in [0.29, 0.717) is 38.9 Å². The second-order valence-electron chi connectivity index (χ2n) is 6.41. The van der Waals surface area contributed by atoms with Gasteiger partial charge < -0.3 is 18.9 Å². The maximum atomic E-state index is 12.6. The van der Waals surface area contributed by atoms with Crippen LogP contribution in [0.15, 0.2) is 44.0 Å². The number of rotatable bonds is 10. The van der Waals surface area contributed by atoms with Crippen LogP contribution in [0.25, 0.3) is 0 Å². The number of ketones is 4. The molecule has 2 aliphatic rings. The standard InChI is InChI=1S/C21H24O8S2/c1-10-12(22)16(26-3)18(28-5)14(24)20(10)30-8-7-9-31-21-11(2)13(23)17(27-4)19(29-6)15(21)25/h7-9H2,1-6H3. The molecule has 0 saturated carbocycles. The normalized spacial score (nSPS) is 17.7. The van der Waals surface area contributed by atoms with Crippen LogP contribution in [0.2, 0.25) is 0 Å². The summed E-state index contributed by atoms with van der Waals surface area (Å²) in [4.78, 5) is 50.7. The van der Waals surface area contributed by atoms with Crippen LogP contribution in [0.5, 0.6) is 0 Å². The number of thioether (sulfide) groups is 2. The number of Topliss-reactive ketones (excluding diaryl/α,β-unsaturated/α-hetero) is 4. The molecule has 0 unspecified atom stereocenters. The number of carbonyl (C=O) groups is 4. The zero-order valence-corrected chi connectivity index (χ0v) is 19.8. The van der Waals surface area contributed by atoms with Crippen LogP contribution in [0.4, 0.5) is 0 Å². The Morgan fingerprint density at radius 1 is 0.548 bits per heavy atom. The third kappa shape index (κ3) is 4.74. The Kier molecular flexibility index (Phi) is 8.58. The molecule has 0 atom stereocenters. The molecule has 0 aromatic carbocycles. The summed E-state index contributed by atoms with van der Waals surface area (Å²) in [7, 11) is 5.26. The van der Waals surface area contributed by atoms with Gasteiger partial charge in [-0.3, -0.25) is 19.2 Å². The summed E-state index contributed by atoms with van der Waals surface area (Å²) in [5, 5.41) is 0. The van der Waals surface area contributed by atoms with Gasteiger partial charge in [0, 0.05) is 11.1 Å². The summed E-state index contributed by atoms with van der Waals surface area (Å²) >= 11 is 2.50. The predicted octanol–water partition coefficient (Wildman–Crippen LogP) is 2.70. The number of carbonyl (C=O) groups excluding carboxylic acids is 4. The highest BCUT2D eigenvalue weighted by Gasteiger charge is 2.36. The van der Waals surface area contributed by atoms with Crippen molar-refractivity contribution in [2.45, 2.75) is 20.3 Å². The summed E-state index contributed by atoms with van der Waals surface area (Å²) in [5.41, 5.74) is 0.628. The highest BCUT2D eigenvalue weighted by molar-refractivity contribution is 8.04. The van der Waals surface area contributed by atoms with Crippen LogP contribution < -0.4 is 0 Å². The summed E-state index contributed by atoms with van der Waals surface area (Å²) in [6.45, 7) is 3.16. The SMILES string of the molecule is COC1=C(OC)C(=O)C(SCCCSC2=C(C)C(=O)C(OC)=C(OC)C2=O)=C(C)C1=O. The van der Waals surface area contributed by atoms with E-state index in [2.05, 4.69) is 0 Å². The van der Waals surface area contributed by atoms with Gasteiger partial charge in [0.2, 0.25) is 46.2 Å². The minimum Gasteiger partial charge on any atom is -0.489 e. The fourth-order valence-corrected chi connectivity index (χ4v) is 5.24. The molecule has 2 aliphatic carbocycles. The van der Waals surface area contributed by atoms with E-state index >= 15 is 0 Å². The molecular weight excluding hydrogens is 444 g/mol. The first kappa shape index (κ1) is 24.8. The van der Waals surface area contributed by atoms with Gasteiger partial charge in [0.05, 0.1) is 38.2 Å². The van der Waals surface area contributed by atoms with Crippen molar-refractivity contribution in [2.24, 2.45) is 0 Å². The average Bonchev–Trinajstić information content (AvgIpc) is 2.76. The summed E-state index contributed by atoms with van der Waals surface area (Å²) in [6.07, 6.45) is 0.623. The van der Waals surface area contributed by atoms with Gasteiger partial charge in [-0.2, -0.15) is 0 Å². The van der Waals surface area contributed by atoms with Crippen LogP contribution in [0.3, 0.4) is 0 Å². The van der Waals surface area contributed by atoms with Crippen molar-refractivity contribution in [3.05, 3.63) is 44.0 Å². The highest BCUT2D eigenvalue weighted by Crippen LogP contribution is 2.35. The van der Waals surface area contributed by atoms with Gasteiger partial charge >= 0.3 is 0 Å². The molecule has 0 saturated heterocycles. The summed E-state index contributed by atoms with van der Waals surface area (Å²) < 4.78 is 20.2. The lowest BCUT2D eigenvalue weighted by atomic mass is 10.0. The Hall–Kier alpha value is -2.46. The molecule has 0 N–H and O–H groups in total. The van der Waals surface area contributed by atoms with E-state index in [-0.39, 0.29) is 46.2 Å². The topological polar surface area (TPSA) is 105 Å². The maximum absolute atomic E-state index is 12.6. The van der Waals surface area contributed by atoms with Gasteiger partial charge in [-0.1, -0.05) is 0 Å². The Labute approximate surface area is 189 Å². The van der Waals surface area contributed by atoms with E-state index in [4.69, 9.17) is 18.9 Å². The van der Waals surface area contributed by atoms with Gasteiger partial charge in [0.15, 0.2) is 0 Å². The van der Waals surface area contributed by atoms with Crippen molar-refractivity contribution in [1.82, 2.24) is 0 Å². The van der Waals surface area contributed by atoms with E-state index < -0.39 is 0 Å². The van der Waals surface area contributed by atoms with E-state index in [9.17, 15) is 19.2 Å². The average molecular weight is 469 g/mol. The van der Waals surface area contributed by atoms with Gasteiger partial charge in [0.1, 0.15) is 0 Å². The first-order valence-corrected chi connectivity index (χ1v) is 11.2. The predicted molar refractivity (Wildman–Crippen MR) is 117 cm³/mol. The molecule has 0 amide bonds. The lowest BCUT2D eigenvalue weighted by Crippen LogP contribution is -2.24. The second-order valence-corrected chi connectivity index (χ2v) is 8.62. The summed E-state index contributed by atoms with van der Waals surface area (Å²) in [5.74, 6) is -0.858. The molecule has 8 nitrogen and oxygen atoms in total. The Morgan fingerprint density at radius 3 is 1.13 bits per heavy atom. The molecule has 0 heterocycles. The second kappa shape index (κ2) is 10.7. The fourth-order valence-electron chi connectivity index (χ4n) is 3.00. The zero-order chi connectivity index (χ0) is 23.3. The molecule has 0 aromatic heterocycles. The van der Waals surface area contributed by atoms with Crippen LogP contribution in [0, 0.1) is 0 Å². The fraction of sp³-hybridized carbons (Fsp3) is 0.429. The van der Waals surface area contributed by atoms with Crippen LogP contribution in [0.1, 0.15) is 20.3 Å². The first-order chi connectivity index (χ1) is 14.7. The molecule has 168 valence electrons. The van der Waals surface area contributed by atoms with Crippen molar-refractivity contribution in [3.8, 4) is 0 Å². The van der Waals surface area contributed by atoms with E-state index in [1.54, 1.807) is 13.8 Å². The highest BCUT2D eigenvalue weighted by atomic mass is 32.2. The molecule has 31 heavy (non-hydrogen) atoms. The molecular formula is C21H24O8S2. The van der Waals surface area contributed by atoms with Gasteiger partial charge in [-0.25, -0.2) is 0 Å². The van der Waals surface area contributed by atoms with Gasteiger partial charge in [-0.05, 0) is 31.8 Å². The third-order valence-electron chi connectivity index (χ3n) is 4.61. The first-order valence-electron chi connectivity index (χ1n) is 9.25. The lowest BCUT2D eigenvalue weighted by molar-refractivity contribution is -0.120. The van der Waals surface area contributed by atoms with Crippen LogP contribution in [-0.2, 0) is 38.1 Å². The molecule has 0 aliphatic heterocycles. The molecule has 0 fully saturated rings. The van der Waals surface area contributed by atoms with Crippen molar-refractivity contribution < 1.29 is 38.1 Å². The van der Waals surface area contributed by atoms with E-state index in [0.717, 1.165) is 0 Å². The molecule has 10 heteroatoms. The number of methoxy groups -OCH3 is 4. The number of ether oxygens (including phenoxy) is 4. The minimum absolute atomic E-state index is 0.0924. The molecule has 0 radical (unpaired) electrons. The van der Waals surface area contributed by atoms with Gasteiger partial charge in [0.25, 0.3) is 0 Å². The monoisotopic (exact) mass is 468 g/mol. The Morgan fingerprint density at radius 2 is 0.839 bits per heavy atom. The number of hydrogen-bond acceptors (Lipinski definition) is 10. The zero-order valence-electron chi connectivity index (χ0n) is 18.2. The molecule has 0 bridgehead atoms. The van der Waals surface area contributed by atoms with Crippen LogP contribution in [-0.4, -0.2) is 63.1 Å². The Balaban J connectivity index is 2.00. The molecule has 2 rings (SSSR count). The van der Waals surface area contributed by atoms with E-state index in [1.807, 2.05) is 0 Å². The smallest absolute Gasteiger partial charge is 0.238 e. The van der Waals surface area contributed by atoms with Crippen molar-refractivity contribution in [1.29, 1.82) is 0 Å². The quantitative estimate of drug-likeness (QED) is 0.351. The van der Waals surface area contributed by atoms with Crippen LogP contribution >= 0.6 is 23.5 Å². The largest absolute Gasteiger partial charge is 0.489 e. The Bertz CT molecular complexity index is 876. The van der Waals surface area contributed by atoms with Crippen molar-refractivity contribution in [2.75, 3.05) is 39.9 Å². The maximum Gasteiger partial charge on any atom is 0.238 e. The summed E-state index contributed by atoms with van der Waals surface area (Å²) in [6, 6.07) is 0. The minimum atomic E-state index is -0.386. The van der Waals surface area contributed by atoms with Crippen molar-refractivity contribution in [3.63, 3.8) is 0 Å². The third-order valence-corrected chi connectivity index (χ3v) is 7.16.